The lowest BCUT2D eigenvalue weighted by atomic mass is 10.0. The zero-order chi connectivity index (χ0) is 5.78. The summed E-state index contributed by atoms with van der Waals surface area (Å²) >= 11 is 3.65. The van der Waals surface area contributed by atoms with Crippen molar-refractivity contribution < 1.29 is 0 Å². The second-order valence-electron chi connectivity index (χ2n) is 3.45. The van der Waals surface area contributed by atoms with Gasteiger partial charge in [0.1, 0.15) is 0 Å². The minimum Gasteiger partial charge on any atom is -0.0884 e. The molecular formula is C7H11Br. The summed E-state index contributed by atoms with van der Waals surface area (Å²) in [6.07, 6.45) is 4.43. The Balaban J connectivity index is 2.04. The average Bonchev–Trinajstić information content (AvgIpc) is 2.44. The van der Waals surface area contributed by atoms with Crippen LogP contribution in [0.1, 0.15) is 26.2 Å². The Morgan fingerprint density at radius 1 is 1.50 bits per heavy atom. The van der Waals surface area contributed by atoms with Gasteiger partial charge in [-0.1, -0.05) is 22.9 Å². The molecule has 0 aromatic rings. The topological polar surface area (TPSA) is 0 Å². The van der Waals surface area contributed by atoms with Crippen molar-refractivity contribution in [2.75, 3.05) is 0 Å². The van der Waals surface area contributed by atoms with Gasteiger partial charge >= 0.3 is 0 Å². The quantitative estimate of drug-likeness (QED) is 0.537. The lowest BCUT2D eigenvalue weighted by molar-refractivity contribution is 0.496. The van der Waals surface area contributed by atoms with Crippen LogP contribution in [-0.2, 0) is 0 Å². The molecule has 2 fully saturated rings. The summed E-state index contributed by atoms with van der Waals surface area (Å²) in [5, 5.41) is 0. The molecule has 1 heteroatoms. The maximum atomic E-state index is 3.65. The molecule has 2 aliphatic rings. The van der Waals surface area contributed by atoms with Gasteiger partial charge < -0.3 is 0 Å². The van der Waals surface area contributed by atoms with Gasteiger partial charge in [0.25, 0.3) is 0 Å². The number of hydrogen-bond acceptors (Lipinski definition) is 0. The molecule has 2 atom stereocenters. The lowest BCUT2D eigenvalue weighted by Gasteiger charge is -2.02. The molecule has 46 valence electrons. The van der Waals surface area contributed by atoms with Crippen molar-refractivity contribution in [2.24, 2.45) is 11.3 Å². The van der Waals surface area contributed by atoms with Crippen molar-refractivity contribution >= 4 is 15.9 Å². The highest BCUT2D eigenvalue weighted by molar-refractivity contribution is 9.09. The van der Waals surface area contributed by atoms with E-state index in [4.69, 9.17) is 0 Å². The molecule has 2 saturated carbocycles. The van der Waals surface area contributed by atoms with E-state index in [0.29, 0.717) is 0 Å². The lowest BCUT2D eigenvalue weighted by Crippen LogP contribution is -1.98. The molecule has 0 spiro atoms. The minimum absolute atomic E-state index is 0.736. The second kappa shape index (κ2) is 1.31. The van der Waals surface area contributed by atoms with Gasteiger partial charge in [-0.25, -0.2) is 0 Å². The van der Waals surface area contributed by atoms with Gasteiger partial charge in [-0.3, -0.25) is 0 Å². The third-order valence-corrected chi connectivity index (χ3v) is 4.05. The summed E-state index contributed by atoms with van der Waals surface area (Å²) in [7, 11) is 0. The Bertz CT molecular complexity index is 118. The third kappa shape index (κ3) is 0.570. The van der Waals surface area contributed by atoms with Gasteiger partial charge in [-0.2, -0.15) is 0 Å². The Hall–Kier alpha value is 0.480. The monoisotopic (exact) mass is 174 g/mol. The summed E-state index contributed by atoms with van der Waals surface area (Å²) in [5.41, 5.74) is 0.736. The second-order valence-corrected chi connectivity index (χ2v) is 4.56. The van der Waals surface area contributed by atoms with E-state index in [1.54, 1.807) is 0 Å². The zero-order valence-electron chi connectivity index (χ0n) is 5.15. The van der Waals surface area contributed by atoms with E-state index in [1.165, 1.54) is 19.3 Å². The first-order valence-corrected chi connectivity index (χ1v) is 4.29. The predicted molar refractivity (Wildman–Crippen MR) is 38.2 cm³/mol. The van der Waals surface area contributed by atoms with E-state index < -0.39 is 0 Å². The van der Waals surface area contributed by atoms with Crippen molar-refractivity contribution in [3.05, 3.63) is 0 Å². The minimum atomic E-state index is 0.736. The molecular weight excluding hydrogens is 164 g/mol. The van der Waals surface area contributed by atoms with Gasteiger partial charge in [-0.15, -0.1) is 0 Å². The molecule has 0 radical (unpaired) electrons. The molecule has 0 nitrogen and oxygen atoms in total. The van der Waals surface area contributed by atoms with Crippen LogP contribution in [0.5, 0.6) is 0 Å². The molecule has 2 rings (SSSR count). The highest BCUT2D eigenvalue weighted by Gasteiger charge is 2.57. The van der Waals surface area contributed by atoms with Gasteiger partial charge in [0, 0.05) is 4.83 Å². The van der Waals surface area contributed by atoms with E-state index in [1.807, 2.05) is 0 Å². The Kier molecular flexibility index (Phi) is 0.865. The summed E-state index contributed by atoms with van der Waals surface area (Å²) in [5.74, 6) is 1.09. The smallest absolute Gasteiger partial charge is 0.0208 e. The summed E-state index contributed by atoms with van der Waals surface area (Å²) < 4.78 is 0. The van der Waals surface area contributed by atoms with E-state index in [-0.39, 0.29) is 0 Å². The van der Waals surface area contributed by atoms with Crippen molar-refractivity contribution in [1.29, 1.82) is 0 Å². The molecule has 0 aromatic heterocycles. The van der Waals surface area contributed by atoms with E-state index in [9.17, 15) is 0 Å². The van der Waals surface area contributed by atoms with Gasteiger partial charge in [0.2, 0.25) is 0 Å². The molecule has 0 aromatic carbocycles. The number of halogens is 1. The van der Waals surface area contributed by atoms with Crippen LogP contribution in [0.25, 0.3) is 0 Å². The fraction of sp³-hybridized carbons (Fsp3) is 1.00. The van der Waals surface area contributed by atoms with Crippen LogP contribution >= 0.6 is 15.9 Å². The van der Waals surface area contributed by atoms with Crippen LogP contribution in [0, 0.1) is 11.3 Å². The average molecular weight is 175 g/mol. The normalized spacial score (nSPS) is 54.0. The standard InChI is InChI=1S/C7H11Br/c1-7(4-6(7)8)5-2-3-5/h5-6H,2-4H2,1H3/t6-,7+/m1/s1. The first kappa shape index (κ1) is 5.28. The highest BCUT2D eigenvalue weighted by atomic mass is 79.9. The molecule has 8 heavy (non-hydrogen) atoms. The molecule has 0 heterocycles. The van der Waals surface area contributed by atoms with Crippen LogP contribution in [0.4, 0.5) is 0 Å². The maximum Gasteiger partial charge on any atom is 0.0208 e. The first-order valence-electron chi connectivity index (χ1n) is 3.37. The first-order chi connectivity index (χ1) is 3.73. The Morgan fingerprint density at radius 3 is 2.12 bits per heavy atom. The Morgan fingerprint density at radius 2 is 2.00 bits per heavy atom. The molecule has 0 N–H and O–H groups in total. The van der Waals surface area contributed by atoms with Crippen LogP contribution in [0.3, 0.4) is 0 Å². The van der Waals surface area contributed by atoms with Crippen LogP contribution in [0.15, 0.2) is 0 Å². The highest BCUT2D eigenvalue weighted by Crippen LogP contribution is 2.63. The molecule has 0 saturated heterocycles. The fourth-order valence-electron chi connectivity index (χ4n) is 1.49. The van der Waals surface area contributed by atoms with Gasteiger partial charge in [0.05, 0.1) is 0 Å². The molecule has 0 unspecified atom stereocenters. The molecule has 0 bridgehead atoms. The summed E-state index contributed by atoms with van der Waals surface area (Å²) in [6, 6.07) is 0. The van der Waals surface area contributed by atoms with Crippen LogP contribution in [-0.4, -0.2) is 4.83 Å². The molecule has 2 aliphatic carbocycles. The fourth-order valence-corrected chi connectivity index (χ4v) is 2.56. The van der Waals surface area contributed by atoms with Crippen molar-refractivity contribution in [3.8, 4) is 0 Å². The van der Waals surface area contributed by atoms with Crippen LogP contribution in [0.2, 0.25) is 0 Å². The van der Waals surface area contributed by atoms with Gasteiger partial charge in [-0.05, 0) is 30.6 Å². The summed E-state index contributed by atoms with van der Waals surface area (Å²) in [4.78, 5) is 0.863. The van der Waals surface area contributed by atoms with Crippen molar-refractivity contribution in [3.63, 3.8) is 0 Å². The van der Waals surface area contributed by atoms with Crippen LogP contribution < -0.4 is 0 Å². The molecule has 0 aliphatic heterocycles. The SMILES string of the molecule is C[C@@]1(C2CC2)C[C@H]1Br. The number of alkyl halides is 1. The summed E-state index contributed by atoms with van der Waals surface area (Å²) in [6.45, 7) is 2.41. The van der Waals surface area contributed by atoms with E-state index in [0.717, 1.165) is 16.2 Å². The van der Waals surface area contributed by atoms with Crippen molar-refractivity contribution in [2.45, 2.75) is 31.0 Å². The van der Waals surface area contributed by atoms with E-state index >= 15 is 0 Å². The predicted octanol–water partition coefficient (Wildman–Crippen LogP) is 2.57. The zero-order valence-corrected chi connectivity index (χ0v) is 6.74. The Labute approximate surface area is 58.8 Å². The third-order valence-electron chi connectivity index (χ3n) is 2.68. The maximum absolute atomic E-state index is 3.65. The number of rotatable bonds is 1. The number of hydrogen-bond donors (Lipinski definition) is 0. The van der Waals surface area contributed by atoms with E-state index in [2.05, 4.69) is 22.9 Å². The van der Waals surface area contributed by atoms with Gasteiger partial charge in [0.15, 0.2) is 0 Å². The molecule has 0 amide bonds. The largest absolute Gasteiger partial charge is 0.0884 e. The van der Waals surface area contributed by atoms with Crippen molar-refractivity contribution in [1.82, 2.24) is 0 Å².